The first kappa shape index (κ1) is 35.1. The van der Waals surface area contributed by atoms with Crippen LogP contribution in [0.15, 0.2) is 90.5 Å². The van der Waals surface area contributed by atoms with Crippen LogP contribution in [0.2, 0.25) is 0 Å². The van der Waals surface area contributed by atoms with Crippen LogP contribution in [-0.4, -0.2) is 69.5 Å². The van der Waals surface area contributed by atoms with E-state index < -0.39 is 52.8 Å². The molecule has 270 valence electrons. The van der Waals surface area contributed by atoms with Gasteiger partial charge in [-0.15, -0.1) is 0 Å². The summed E-state index contributed by atoms with van der Waals surface area (Å²) in [5.41, 5.74) is 5.42. The average Bonchev–Trinajstić information content (AvgIpc) is 3.52. The third-order valence-electron chi connectivity index (χ3n) is 11.3. The van der Waals surface area contributed by atoms with Crippen LogP contribution in [0, 0.1) is 30.6 Å². The normalized spacial score (nSPS) is 26.5. The zero-order valence-electron chi connectivity index (χ0n) is 29.1. The van der Waals surface area contributed by atoms with Crippen LogP contribution in [0.3, 0.4) is 0 Å². The third-order valence-corrected chi connectivity index (χ3v) is 11.3. The molecule has 11 nitrogen and oxygen atoms in total. The van der Waals surface area contributed by atoms with E-state index in [0.29, 0.717) is 48.2 Å². The van der Waals surface area contributed by atoms with Gasteiger partial charge in [0.15, 0.2) is 0 Å². The molecule has 0 aromatic heterocycles. The van der Waals surface area contributed by atoms with Crippen molar-refractivity contribution >= 4 is 35.3 Å². The number of rotatable bonds is 13. The lowest BCUT2D eigenvalue weighted by molar-refractivity contribution is -0.141. The number of aliphatic hydroxyl groups is 1. The number of carbonyl (C=O) groups is 5. The number of para-hydroxylation sites is 1. The van der Waals surface area contributed by atoms with Crippen molar-refractivity contribution in [2.24, 2.45) is 23.7 Å². The van der Waals surface area contributed by atoms with Crippen molar-refractivity contribution in [2.75, 3.05) is 25.2 Å². The Morgan fingerprint density at radius 1 is 0.885 bits per heavy atom. The second kappa shape index (κ2) is 14.4. The minimum absolute atomic E-state index is 0.0149. The number of unbranched alkanes of at least 4 members (excludes halogenated alkanes) is 2. The van der Waals surface area contributed by atoms with E-state index in [4.69, 9.17) is 9.84 Å². The highest BCUT2D eigenvalue weighted by Crippen LogP contribution is 2.64. The van der Waals surface area contributed by atoms with Crippen LogP contribution in [-0.2, 0) is 29.4 Å². The number of anilines is 1. The van der Waals surface area contributed by atoms with Crippen molar-refractivity contribution in [2.45, 2.75) is 56.8 Å². The van der Waals surface area contributed by atoms with Gasteiger partial charge in [-0.3, -0.25) is 34.3 Å². The Morgan fingerprint density at radius 3 is 2.35 bits per heavy atom. The fraction of sp³-hybridized carbons (Fsp3) is 0.390. The highest BCUT2D eigenvalue weighted by Gasteiger charge is 2.70. The topological polar surface area (TPSA) is 154 Å². The Balaban J connectivity index is 1.35. The summed E-state index contributed by atoms with van der Waals surface area (Å²) < 4.78 is 6.10. The summed E-state index contributed by atoms with van der Waals surface area (Å²) in [6, 6.07) is 24.1. The molecular formula is C41H43N3O8. The predicted molar refractivity (Wildman–Crippen MR) is 191 cm³/mol. The Kier molecular flexibility index (Phi) is 9.71. The van der Waals surface area contributed by atoms with Crippen LogP contribution >= 0.6 is 0 Å². The number of amides is 4. The molecule has 4 aliphatic rings. The Hall–Kier alpha value is -5.29. The lowest BCUT2D eigenvalue weighted by Crippen LogP contribution is -2.53. The highest BCUT2D eigenvalue weighted by atomic mass is 16.5. The van der Waals surface area contributed by atoms with E-state index in [1.807, 2.05) is 85.8 Å². The molecular weight excluding hydrogens is 662 g/mol. The zero-order chi connectivity index (χ0) is 36.6. The number of ether oxygens (including phenoxy) is 1. The molecule has 1 saturated carbocycles. The van der Waals surface area contributed by atoms with E-state index in [1.54, 1.807) is 6.07 Å². The monoisotopic (exact) mass is 705 g/mol. The first-order chi connectivity index (χ1) is 25.2. The van der Waals surface area contributed by atoms with E-state index in [1.165, 1.54) is 4.90 Å². The number of hydrogen-bond donors (Lipinski definition) is 3. The van der Waals surface area contributed by atoms with Crippen LogP contribution in [0.5, 0.6) is 5.75 Å². The molecule has 0 bridgehead atoms. The molecule has 3 N–H and O–H groups in total. The predicted octanol–water partition coefficient (Wildman–Crippen LogP) is 5.00. The maximum absolute atomic E-state index is 15.3. The highest BCUT2D eigenvalue weighted by molar-refractivity contribution is 6.13. The van der Waals surface area contributed by atoms with Gasteiger partial charge in [-0.25, -0.2) is 0 Å². The first-order valence-corrected chi connectivity index (χ1v) is 18.0. The summed E-state index contributed by atoms with van der Waals surface area (Å²) in [5.74, 6) is -5.26. The van der Waals surface area contributed by atoms with Gasteiger partial charge >= 0.3 is 5.97 Å². The van der Waals surface area contributed by atoms with Gasteiger partial charge in [0.05, 0.1) is 35.5 Å². The lowest BCUT2D eigenvalue weighted by Gasteiger charge is -2.50. The number of nitrogens with one attached hydrogen (secondary N) is 1. The molecule has 0 spiro atoms. The molecule has 3 aromatic rings. The zero-order valence-corrected chi connectivity index (χ0v) is 29.1. The largest absolute Gasteiger partial charge is 0.491 e. The number of hydrogen-bond acceptors (Lipinski definition) is 8. The summed E-state index contributed by atoms with van der Waals surface area (Å²) in [6.45, 7) is 1.95. The number of carboxylic acid groups (broad SMARTS) is 1. The molecule has 6 atom stereocenters. The van der Waals surface area contributed by atoms with Crippen LogP contribution < -0.4 is 10.2 Å². The number of imide groups is 2. The Labute approximate surface area is 302 Å². The number of carbonyl (C=O) groups excluding carboxylic acids is 4. The minimum atomic E-state index is -1.43. The summed E-state index contributed by atoms with van der Waals surface area (Å²) in [4.78, 5) is 70.6. The number of carboxylic acids is 1. The second-order valence-corrected chi connectivity index (χ2v) is 14.2. The molecule has 2 saturated heterocycles. The van der Waals surface area contributed by atoms with Crippen molar-refractivity contribution in [1.29, 1.82) is 0 Å². The molecule has 3 fully saturated rings. The fourth-order valence-corrected chi connectivity index (χ4v) is 9.11. The molecule has 0 unspecified atom stereocenters. The molecule has 3 aromatic carbocycles. The number of hydrazine groups is 1. The summed E-state index contributed by atoms with van der Waals surface area (Å²) >= 11 is 0. The fourth-order valence-electron chi connectivity index (χ4n) is 9.11. The molecule has 52 heavy (non-hydrogen) atoms. The maximum atomic E-state index is 15.3. The van der Waals surface area contributed by atoms with Crippen LogP contribution in [0.25, 0.3) is 0 Å². The quantitative estimate of drug-likeness (QED) is 0.127. The number of benzene rings is 3. The number of aryl methyl sites for hydroxylation is 1. The Morgan fingerprint density at radius 2 is 1.62 bits per heavy atom. The van der Waals surface area contributed by atoms with E-state index >= 15 is 4.79 Å². The standard InChI is InChI=1S/C41H43N3O8/c1-25-15-17-27(18-16-25)42-44-38(49)32-24-31-28(19-20-30-35(31)39(50)43(37(30)48)21-9-3-6-14-34(46)47)36(29-12-7-8-13-33(29)52-23-22-45)41(32,40(44)51)26-10-4-2-5-11-26/h2,4-5,7-8,10-13,15-19,30-32,35-36,42,45H,3,6,9,14,20-24H2,1H3,(H,46,47)/t30-,31+,32-,35-,36+,41+/m0/s1. The summed E-state index contributed by atoms with van der Waals surface area (Å²) in [5, 5.41) is 19.9. The molecule has 4 amide bonds. The smallest absolute Gasteiger partial charge is 0.303 e. The molecule has 2 aliphatic heterocycles. The van der Waals surface area contributed by atoms with Crippen molar-refractivity contribution in [3.05, 3.63) is 107 Å². The van der Waals surface area contributed by atoms with Gasteiger partial charge in [0.1, 0.15) is 12.4 Å². The first-order valence-electron chi connectivity index (χ1n) is 18.0. The molecule has 2 heterocycles. The number of fused-ring (bicyclic) bond motifs is 4. The van der Waals surface area contributed by atoms with Crippen molar-refractivity contribution in [3.63, 3.8) is 0 Å². The van der Waals surface area contributed by atoms with Crippen LogP contribution in [0.4, 0.5) is 5.69 Å². The van der Waals surface area contributed by atoms with Gasteiger partial charge in [-0.2, -0.15) is 5.01 Å². The average molecular weight is 706 g/mol. The maximum Gasteiger partial charge on any atom is 0.303 e. The van der Waals surface area contributed by atoms with Gasteiger partial charge in [0.25, 0.3) is 11.8 Å². The van der Waals surface area contributed by atoms with E-state index in [9.17, 15) is 24.3 Å². The SMILES string of the molecule is Cc1ccc(NN2C(=O)[C@@H]3C[C@@H]4C(=CC[C@@H]5C(=O)N(CCCCCC(=O)O)C(=O)[C@@H]54)[C@H](c4ccccc4OCCO)[C@]3(c3ccccc3)C2=O)cc1. The molecule has 7 rings (SSSR count). The number of allylic oxidation sites excluding steroid dienone is 2. The summed E-state index contributed by atoms with van der Waals surface area (Å²) in [7, 11) is 0. The summed E-state index contributed by atoms with van der Waals surface area (Å²) in [6.07, 6.45) is 4.05. The van der Waals surface area contributed by atoms with Gasteiger partial charge in [-0.05, 0) is 62.3 Å². The van der Waals surface area contributed by atoms with Crippen molar-refractivity contribution in [1.82, 2.24) is 9.91 Å². The van der Waals surface area contributed by atoms with Crippen molar-refractivity contribution in [3.8, 4) is 5.75 Å². The van der Waals surface area contributed by atoms with Crippen LogP contribution in [0.1, 0.15) is 61.1 Å². The number of likely N-dealkylation sites (tertiary alicyclic amines) is 1. The van der Waals surface area contributed by atoms with E-state index in [2.05, 4.69) is 5.43 Å². The molecule has 2 aliphatic carbocycles. The van der Waals surface area contributed by atoms with Gasteiger partial charge in [-0.1, -0.05) is 84.3 Å². The van der Waals surface area contributed by atoms with E-state index in [0.717, 1.165) is 16.1 Å². The van der Waals surface area contributed by atoms with Gasteiger partial charge < -0.3 is 14.9 Å². The third kappa shape index (κ3) is 5.86. The number of aliphatic hydroxyl groups excluding tert-OH is 1. The van der Waals surface area contributed by atoms with Crippen molar-refractivity contribution < 1.29 is 38.9 Å². The van der Waals surface area contributed by atoms with E-state index in [-0.39, 0.29) is 44.4 Å². The number of aliphatic carboxylic acids is 1. The second-order valence-electron chi connectivity index (χ2n) is 14.2. The lowest BCUT2D eigenvalue weighted by atomic mass is 9.49. The minimum Gasteiger partial charge on any atom is -0.491 e. The van der Waals surface area contributed by atoms with Gasteiger partial charge in [0, 0.05) is 24.4 Å². The molecule has 11 heteroatoms. The molecule has 0 radical (unpaired) electrons. The van der Waals surface area contributed by atoms with Gasteiger partial charge in [0.2, 0.25) is 11.8 Å². The Bertz CT molecular complexity index is 1910. The number of nitrogens with zero attached hydrogens (tertiary/aromatic N) is 2.